The van der Waals surface area contributed by atoms with E-state index in [1.54, 1.807) is 18.3 Å². The second-order valence-electron chi connectivity index (χ2n) is 6.90. The molecule has 1 N–H and O–H groups in total. The Kier molecular flexibility index (Phi) is 5.75. The third kappa shape index (κ3) is 4.97. The van der Waals surface area contributed by atoms with Crippen molar-refractivity contribution in [2.75, 3.05) is 0 Å². The summed E-state index contributed by atoms with van der Waals surface area (Å²) in [6.45, 7) is 2.02. The van der Waals surface area contributed by atoms with Gasteiger partial charge in [0, 0.05) is 17.5 Å². The van der Waals surface area contributed by atoms with Crippen LogP contribution in [0.5, 0.6) is 0 Å². The van der Waals surface area contributed by atoms with Gasteiger partial charge in [0.2, 0.25) is 0 Å². The van der Waals surface area contributed by atoms with E-state index in [9.17, 15) is 10.1 Å². The van der Waals surface area contributed by atoms with E-state index in [4.69, 9.17) is 4.98 Å². The minimum absolute atomic E-state index is 0.0343. The number of benzene rings is 3. The largest absolute Gasteiger partial charge is 0.269 e. The standard InChI is InChI=1S/C24H19N5O2/c1-17-6-11-20(12-7-17)26-24(23-15-10-19-4-2-3-5-22(19)27-23)28-25-16-18-8-13-21(14-9-18)29(30)31/h2-16H,1H3,(H,26,28)/b25-16-. The van der Waals surface area contributed by atoms with E-state index in [1.807, 2.05) is 67.6 Å². The molecule has 0 radical (unpaired) electrons. The molecule has 7 heteroatoms. The van der Waals surface area contributed by atoms with Crippen LogP contribution in [0, 0.1) is 17.0 Å². The van der Waals surface area contributed by atoms with Crippen LogP contribution in [0.15, 0.2) is 95.0 Å². The first-order valence-corrected chi connectivity index (χ1v) is 9.63. The van der Waals surface area contributed by atoms with Gasteiger partial charge in [-0.15, -0.1) is 0 Å². The van der Waals surface area contributed by atoms with Crippen LogP contribution in [0.4, 0.5) is 11.4 Å². The molecule has 0 atom stereocenters. The van der Waals surface area contributed by atoms with Crippen LogP contribution < -0.4 is 5.43 Å². The molecule has 1 aromatic heterocycles. The highest BCUT2D eigenvalue weighted by Gasteiger charge is 2.07. The number of fused-ring (bicyclic) bond motifs is 1. The summed E-state index contributed by atoms with van der Waals surface area (Å²) >= 11 is 0. The number of hydrogen-bond donors (Lipinski definition) is 1. The zero-order chi connectivity index (χ0) is 21.6. The molecule has 7 nitrogen and oxygen atoms in total. The lowest BCUT2D eigenvalue weighted by atomic mass is 10.2. The quantitative estimate of drug-likeness (QED) is 0.213. The summed E-state index contributed by atoms with van der Waals surface area (Å²) in [5, 5.41) is 16.1. The van der Waals surface area contributed by atoms with E-state index in [-0.39, 0.29) is 5.69 Å². The first-order valence-electron chi connectivity index (χ1n) is 9.63. The maximum Gasteiger partial charge on any atom is 0.269 e. The van der Waals surface area contributed by atoms with Crippen molar-refractivity contribution in [1.82, 2.24) is 10.4 Å². The Hall–Kier alpha value is -4.39. The smallest absolute Gasteiger partial charge is 0.260 e. The van der Waals surface area contributed by atoms with Gasteiger partial charge in [0.15, 0.2) is 5.84 Å². The van der Waals surface area contributed by atoms with Crippen LogP contribution in [0.1, 0.15) is 16.8 Å². The average Bonchev–Trinajstić information content (AvgIpc) is 2.80. The zero-order valence-electron chi connectivity index (χ0n) is 16.8. The number of hydrazone groups is 1. The van der Waals surface area contributed by atoms with Crippen molar-refractivity contribution in [3.8, 4) is 0 Å². The molecule has 0 bridgehead atoms. The number of nitro benzene ring substituents is 1. The highest BCUT2D eigenvalue weighted by Crippen LogP contribution is 2.16. The first-order chi connectivity index (χ1) is 15.1. The molecule has 1 heterocycles. The predicted octanol–water partition coefficient (Wildman–Crippen LogP) is 5.15. The van der Waals surface area contributed by atoms with E-state index in [0.717, 1.165) is 27.7 Å². The molecule has 152 valence electrons. The van der Waals surface area contributed by atoms with Gasteiger partial charge in [-0.1, -0.05) is 42.0 Å². The predicted molar refractivity (Wildman–Crippen MR) is 123 cm³/mol. The molecule has 0 amide bonds. The van der Waals surface area contributed by atoms with Crippen LogP contribution >= 0.6 is 0 Å². The Morgan fingerprint density at radius 2 is 1.71 bits per heavy atom. The summed E-state index contributed by atoms with van der Waals surface area (Å²) in [6, 6.07) is 25.7. The van der Waals surface area contributed by atoms with Gasteiger partial charge in [0.05, 0.1) is 22.3 Å². The highest BCUT2D eigenvalue weighted by molar-refractivity contribution is 6.00. The normalized spacial score (nSPS) is 11.7. The lowest BCUT2D eigenvalue weighted by molar-refractivity contribution is -0.384. The van der Waals surface area contributed by atoms with Crippen molar-refractivity contribution in [3.63, 3.8) is 0 Å². The van der Waals surface area contributed by atoms with E-state index < -0.39 is 4.92 Å². The molecular formula is C24H19N5O2. The number of aliphatic imine (C=N–C) groups is 1. The second-order valence-corrected chi connectivity index (χ2v) is 6.90. The number of pyridine rings is 1. The molecule has 0 saturated heterocycles. The molecule has 0 spiro atoms. The maximum absolute atomic E-state index is 10.8. The van der Waals surface area contributed by atoms with E-state index in [0.29, 0.717) is 11.5 Å². The fourth-order valence-electron chi connectivity index (χ4n) is 2.94. The molecule has 4 aromatic rings. The van der Waals surface area contributed by atoms with Crippen molar-refractivity contribution in [2.45, 2.75) is 6.92 Å². The Bertz CT molecular complexity index is 1280. The van der Waals surface area contributed by atoms with Crippen molar-refractivity contribution in [1.29, 1.82) is 0 Å². The minimum atomic E-state index is -0.434. The highest BCUT2D eigenvalue weighted by atomic mass is 16.6. The molecular weight excluding hydrogens is 390 g/mol. The van der Waals surface area contributed by atoms with Crippen LogP contribution in [0.2, 0.25) is 0 Å². The van der Waals surface area contributed by atoms with Gasteiger partial charge in [-0.05, 0) is 48.9 Å². The number of non-ortho nitro benzene ring substituents is 1. The SMILES string of the molecule is Cc1ccc(N=C(N/N=C\c2ccc([N+](=O)[O-])cc2)c2ccc3ccccc3n2)cc1. The number of amidine groups is 1. The van der Waals surface area contributed by atoms with Gasteiger partial charge >= 0.3 is 0 Å². The van der Waals surface area contributed by atoms with Crippen molar-refractivity contribution in [3.05, 3.63) is 112 Å². The Morgan fingerprint density at radius 1 is 0.968 bits per heavy atom. The van der Waals surface area contributed by atoms with Crippen molar-refractivity contribution >= 4 is 34.3 Å². The number of rotatable bonds is 5. The van der Waals surface area contributed by atoms with Gasteiger partial charge in [-0.2, -0.15) is 5.10 Å². The van der Waals surface area contributed by atoms with Crippen molar-refractivity contribution in [2.24, 2.45) is 10.1 Å². The number of nitro groups is 1. The van der Waals surface area contributed by atoms with Crippen LogP contribution in [0.3, 0.4) is 0 Å². The topological polar surface area (TPSA) is 92.8 Å². The number of nitrogens with zero attached hydrogens (tertiary/aromatic N) is 4. The summed E-state index contributed by atoms with van der Waals surface area (Å²) in [7, 11) is 0. The summed E-state index contributed by atoms with van der Waals surface area (Å²) in [4.78, 5) is 19.8. The fraction of sp³-hybridized carbons (Fsp3) is 0.0417. The molecule has 31 heavy (non-hydrogen) atoms. The van der Waals surface area contributed by atoms with Crippen molar-refractivity contribution < 1.29 is 4.92 Å². The minimum Gasteiger partial charge on any atom is -0.260 e. The molecule has 0 aliphatic heterocycles. The first kappa shape index (κ1) is 19.9. The third-order valence-electron chi connectivity index (χ3n) is 4.60. The molecule has 0 aliphatic carbocycles. The molecule has 0 aliphatic rings. The summed E-state index contributed by atoms with van der Waals surface area (Å²) in [5.74, 6) is 0.493. The molecule has 0 unspecified atom stereocenters. The Morgan fingerprint density at radius 3 is 2.45 bits per heavy atom. The molecule has 0 saturated carbocycles. The fourth-order valence-corrected chi connectivity index (χ4v) is 2.94. The third-order valence-corrected chi connectivity index (χ3v) is 4.60. The van der Waals surface area contributed by atoms with E-state index in [1.165, 1.54) is 12.1 Å². The number of hydrogen-bond acceptors (Lipinski definition) is 5. The van der Waals surface area contributed by atoms with E-state index in [2.05, 4.69) is 15.5 Å². The number of nitrogens with one attached hydrogen (secondary N) is 1. The number of aryl methyl sites for hydroxylation is 1. The van der Waals surface area contributed by atoms with E-state index >= 15 is 0 Å². The van der Waals surface area contributed by atoms with Gasteiger partial charge in [-0.25, -0.2) is 9.98 Å². The Labute approximate surface area is 179 Å². The zero-order valence-corrected chi connectivity index (χ0v) is 16.8. The van der Waals surface area contributed by atoms with Crippen LogP contribution in [0.25, 0.3) is 10.9 Å². The summed E-state index contributed by atoms with van der Waals surface area (Å²) in [5.41, 5.74) is 7.16. The van der Waals surface area contributed by atoms with Gasteiger partial charge < -0.3 is 0 Å². The van der Waals surface area contributed by atoms with Crippen LogP contribution in [-0.2, 0) is 0 Å². The summed E-state index contributed by atoms with van der Waals surface area (Å²) in [6.07, 6.45) is 1.58. The molecule has 3 aromatic carbocycles. The second kappa shape index (κ2) is 8.96. The maximum atomic E-state index is 10.8. The lowest BCUT2D eigenvalue weighted by Crippen LogP contribution is -2.20. The monoisotopic (exact) mass is 409 g/mol. The average molecular weight is 409 g/mol. The van der Waals surface area contributed by atoms with Gasteiger partial charge in [0.25, 0.3) is 5.69 Å². The number of aromatic nitrogens is 1. The number of para-hydroxylation sites is 1. The Balaban J connectivity index is 1.64. The summed E-state index contributed by atoms with van der Waals surface area (Å²) < 4.78 is 0. The van der Waals surface area contributed by atoms with Crippen LogP contribution in [-0.4, -0.2) is 22.0 Å². The van der Waals surface area contributed by atoms with Gasteiger partial charge in [-0.3, -0.25) is 15.5 Å². The molecule has 4 rings (SSSR count). The van der Waals surface area contributed by atoms with Gasteiger partial charge in [0.1, 0.15) is 5.69 Å². The molecule has 0 fully saturated rings. The lowest BCUT2D eigenvalue weighted by Gasteiger charge is -2.07.